The summed E-state index contributed by atoms with van der Waals surface area (Å²) < 4.78 is 14.2. The number of carbonyl (C=O) groups excluding carboxylic acids is 1. The zero-order valence-electron chi connectivity index (χ0n) is 13.6. The maximum atomic E-state index is 14.2. The highest BCUT2D eigenvalue weighted by molar-refractivity contribution is 5.83. The van der Waals surface area contributed by atoms with Crippen molar-refractivity contribution in [2.45, 2.75) is 6.04 Å². The number of amides is 1. The topological polar surface area (TPSA) is 47.6 Å². The van der Waals surface area contributed by atoms with Gasteiger partial charge < -0.3 is 15.5 Å². The minimum atomic E-state index is -0.547. The summed E-state index contributed by atoms with van der Waals surface area (Å²) in [5.74, 6) is 0.290. The average molecular weight is 320 g/mol. The molecule has 1 amide bonds. The lowest BCUT2D eigenvalue weighted by Crippen LogP contribution is -2.54. The van der Waals surface area contributed by atoms with Crippen LogP contribution in [0.5, 0.6) is 0 Å². The predicted molar refractivity (Wildman–Crippen MR) is 87.6 cm³/mol. The lowest BCUT2D eigenvalue weighted by molar-refractivity contribution is -0.127. The number of nitrogens with one attached hydrogen (secondary N) is 2. The number of carbonyl (C=O) groups is 1. The van der Waals surface area contributed by atoms with E-state index in [0.717, 1.165) is 51.7 Å². The van der Waals surface area contributed by atoms with Gasteiger partial charge in [0.25, 0.3) is 0 Å². The number of rotatable bonds is 5. The Labute approximate surface area is 136 Å². The normalized spacial score (nSPS) is 21.7. The minimum Gasteiger partial charge on any atom is -0.358 e. The van der Waals surface area contributed by atoms with Crippen molar-refractivity contribution < 1.29 is 9.18 Å². The second-order valence-corrected chi connectivity index (χ2v) is 6.40. The summed E-state index contributed by atoms with van der Waals surface area (Å²) in [5.41, 5.74) is 0.462. The molecule has 2 heterocycles. The van der Waals surface area contributed by atoms with Gasteiger partial charge in [0, 0.05) is 58.4 Å². The van der Waals surface area contributed by atoms with Crippen molar-refractivity contribution in [3.63, 3.8) is 0 Å². The highest BCUT2D eigenvalue weighted by Gasteiger charge is 2.32. The second kappa shape index (κ2) is 7.38. The van der Waals surface area contributed by atoms with Crippen molar-refractivity contribution in [1.29, 1.82) is 0 Å². The third-order valence-corrected chi connectivity index (χ3v) is 4.85. The number of likely N-dealkylation sites (N-methyl/N-ethyl adjacent to an activating group) is 1. The lowest BCUT2D eigenvalue weighted by Gasteiger charge is -2.41. The van der Waals surface area contributed by atoms with E-state index in [1.165, 1.54) is 6.07 Å². The number of nitrogens with zero attached hydrogens (tertiary/aromatic N) is 2. The Bertz CT molecular complexity index is 541. The van der Waals surface area contributed by atoms with E-state index in [4.69, 9.17) is 0 Å². The van der Waals surface area contributed by atoms with Gasteiger partial charge in [0.1, 0.15) is 11.9 Å². The van der Waals surface area contributed by atoms with Gasteiger partial charge in [-0.1, -0.05) is 18.2 Å². The van der Waals surface area contributed by atoms with Gasteiger partial charge in [0.15, 0.2) is 0 Å². The summed E-state index contributed by atoms with van der Waals surface area (Å²) in [6.07, 6.45) is 0. The van der Waals surface area contributed by atoms with E-state index in [-0.39, 0.29) is 11.7 Å². The summed E-state index contributed by atoms with van der Waals surface area (Å²) in [6.45, 7) is 6.76. The molecule has 6 heteroatoms. The van der Waals surface area contributed by atoms with Gasteiger partial charge in [-0.2, -0.15) is 0 Å². The molecular weight excluding hydrogens is 295 g/mol. The van der Waals surface area contributed by atoms with Crippen LogP contribution in [0.2, 0.25) is 0 Å². The Balaban J connectivity index is 1.67. The zero-order valence-corrected chi connectivity index (χ0v) is 13.6. The molecular formula is C17H25FN4O. The average Bonchev–Trinajstić information content (AvgIpc) is 2.54. The molecule has 0 aromatic heterocycles. The molecule has 0 spiro atoms. The highest BCUT2D eigenvalue weighted by Crippen LogP contribution is 2.25. The first-order valence-electron chi connectivity index (χ1n) is 8.32. The number of halogens is 1. The Morgan fingerprint density at radius 1 is 1.30 bits per heavy atom. The second-order valence-electron chi connectivity index (χ2n) is 6.40. The molecule has 23 heavy (non-hydrogen) atoms. The van der Waals surface area contributed by atoms with Crippen LogP contribution in [0.4, 0.5) is 4.39 Å². The van der Waals surface area contributed by atoms with Crippen molar-refractivity contribution in [2.75, 3.05) is 52.9 Å². The number of piperazine rings is 1. The van der Waals surface area contributed by atoms with E-state index >= 15 is 0 Å². The van der Waals surface area contributed by atoms with Crippen molar-refractivity contribution in [2.24, 2.45) is 5.92 Å². The first kappa shape index (κ1) is 16.4. The van der Waals surface area contributed by atoms with Gasteiger partial charge in [-0.25, -0.2) is 4.39 Å². The Morgan fingerprint density at radius 3 is 2.57 bits per heavy atom. The predicted octanol–water partition coefficient (Wildman–Crippen LogP) is 0.450. The molecule has 2 aliphatic rings. The van der Waals surface area contributed by atoms with Crippen LogP contribution in [-0.2, 0) is 4.79 Å². The Hall–Kier alpha value is -1.50. The minimum absolute atomic E-state index is 0.147. The van der Waals surface area contributed by atoms with Gasteiger partial charge in [-0.3, -0.25) is 9.69 Å². The summed E-state index contributed by atoms with van der Waals surface area (Å²) in [4.78, 5) is 16.9. The van der Waals surface area contributed by atoms with E-state index in [0.29, 0.717) is 5.56 Å². The maximum absolute atomic E-state index is 14.2. The molecule has 2 fully saturated rings. The summed E-state index contributed by atoms with van der Waals surface area (Å²) >= 11 is 0. The maximum Gasteiger partial charge on any atom is 0.241 e. The van der Waals surface area contributed by atoms with Gasteiger partial charge >= 0.3 is 0 Å². The molecule has 0 bridgehead atoms. The molecule has 3 rings (SSSR count). The van der Waals surface area contributed by atoms with Gasteiger partial charge in [-0.05, 0) is 12.0 Å². The molecule has 5 nitrogen and oxygen atoms in total. The van der Waals surface area contributed by atoms with Crippen LogP contribution < -0.4 is 10.6 Å². The molecule has 1 aromatic rings. The van der Waals surface area contributed by atoms with Crippen LogP contribution in [0, 0.1) is 11.7 Å². The molecule has 1 aromatic carbocycles. The molecule has 2 N–H and O–H groups in total. The number of hydrogen-bond acceptors (Lipinski definition) is 4. The zero-order chi connectivity index (χ0) is 16.2. The van der Waals surface area contributed by atoms with Crippen LogP contribution in [-0.4, -0.2) is 68.6 Å². The molecule has 0 aliphatic carbocycles. The fourth-order valence-corrected chi connectivity index (χ4v) is 3.38. The number of hydrogen-bond donors (Lipinski definition) is 2. The highest BCUT2D eigenvalue weighted by atomic mass is 19.1. The van der Waals surface area contributed by atoms with Crippen molar-refractivity contribution in [1.82, 2.24) is 20.4 Å². The van der Waals surface area contributed by atoms with E-state index in [2.05, 4.69) is 20.4 Å². The summed E-state index contributed by atoms with van der Waals surface area (Å²) in [5, 5.41) is 5.98. The molecule has 126 valence electrons. The third kappa shape index (κ3) is 3.71. The van der Waals surface area contributed by atoms with Crippen LogP contribution >= 0.6 is 0 Å². The third-order valence-electron chi connectivity index (χ3n) is 4.85. The van der Waals surface area contributed by atoms with Crippen LogP contribution in [0.3, 0.4) is 0 Å². The van der Waals surface area contributed by atoms with Crippen molar-refractivity contribution in [3.8, 4) is 0 Å². The van der Waals surface area contributed by atoms with Gasteiger partial charge in [0.05, 0.1) is 0 Å². The van der Waals surface area contributed by atoms with E-state index in [9.17, 15) is 9.18 Å². The fourth-order valence-electron chi connectivity index (χ4n) is 3.38. The van der Waals surface area contributed by atoms with Gasteiger partial charge in [0.2, 0.25) is 5.91 Å². The van der Waals surface area contributed by atoms with E-state index < -0.39 is 6.04 Å². The van der Waals surface area contributed by atoms with Gasteiger partial charge in [-0.15, -0.1) is 0 Å². The number of benzene rings is 1. The lowest BCUT2D eigenvalue weighted by atomic mass is 10.0. The van der Waals surface area contributed by atoms with Crippen molar-refractivity contribution in [3.05, 3.63) is 35.6 Å². The van der Waals surface area contributed by atoms with Crippen LogP contribution in [0.15, 0.2) is 24.3 Å². The molecule has 0 unspecified atom stereocenters. The molecule has 1 atom stereocenters. The monoisotopic (exact) mass is 320 g/mol. The van der Waals surface area contributed by atoms with E-state index in [1.807, 2.05) is 0 Å². The smallest absolute Gasteiger partial charge is 0.241 e. The fraction of sp³-hybridized carbons (Fsp3) is 0.588. The van der Waals surface area contributed by atoms with Crippen molar-refractivity contribution >= 4 is 5.91 Å². The molecule has 0 saturated carbocycles. The SMILES string of the molecule is CNC(=O)[C@@H](c1ccccc1F)N1CCN(CC2CNC2)CC1. The Kier molecular flexibility index (Phi) is 5.25. The van der Waals surface area contributed by atoms with Crippen LogP contribution in [0.25, 0.3) is 0 Å². The van der Waals surface area contributed by atoms with Crippen LogP contribution in [0.1, 0.15) is 11.6 Å². The quantitative estimate of drug-likeness (QED) is 0.827. The standard InChI is InChI=1S/C17H25FN4O/c1-19-17(23)16(14-4-2-3-5-15(14)18)22-8-6-21(7-9-22)12-13-10-20-11-13/h2-5,13,16,20H,6-12H2,1H3,(H,19,23)/t16-/m1/s1. The van der Waals surface area contributed by atoms with E-state index in [1.54, 1.807) is 25.2 Å². The summed E-state index contributed by atoms with van der Waals surface area (Å²) in [7, 11) is 1.61. The largest absolute Gasteiger partial charge is 0.358 e. The summed E-state index contributed by atoms with van der Waals surface area (Å²) in [6, 6.07) is 6.03. The first-order chi connectivity index (χ1) is 11.2. The molecule has 2 aliphatic heterocycles. The molecule has 2 saturated heterocycles. The first-order valence-corrected chi connectivity index (χ1v) is 8.32. The Morgan fingerprint density at radius 2 is 2.00 bits per heavy atom. The molecule has 0 radical (unpaired) electrons.